The molecule has 13 N–H and O–H groups in total. The van der Waals surface area contributed by atoms with Crippen molar-refractivity contribution in [3.05, 3.63) is 12.7 Å². The summed E-state index contributed by atoms with van der Waals surface area (Å²) in [7, 11) is -16.4. The number of rotatable bonds is 22. The number of nitrogens with two attached hydrogens (primary N) is 2. The molecule has 55 heavy (non-hydrogen) atoms. The van der Waals surface area contributed by atoms with E-state index in [0.29, 0.717) is 0 Å². The van der Waals surface area contributed by atoms with E-state index in [2.05, 4.69) is 34.4 Å². The number of anilines is 1. The van der Waals surface area contributed by atoms with Gasteiger partial charge >= 0.3 is 23.5 Å². The summed E-state index contributed by atoms with van der Waals surface area (Å²) in [6.07, 6.45) is -7.03. The van der Waals surface area contributed by atoms with Crippen LogP contribution in [0, 0.1) is 11.3 Å². The number of nitrogens with one attached hydrogen (secondary N) is 2. The van der Waals surface area contributed by atoms with Gasteiger partial charge in [0.1, 0.15) is 36.3 Å². The molecule has 0 aromatic carbocycles. The zero-order chi connectivity index (χ0) is 41.4. The van der Waals surface area contributed by atoms with E-state index in [4.69, 9.17) is 30.4 Å². The number of aliphatic hydroxyl groups is 3. The van der Waals surface area contributed by atoms with E-state index >= 15 is 0 Å². The van der Waals surface area contributed by atoms with Crippen molar-refractivity contribution in [1.82, 2.24) is 30.2 Å². The summed E-state index contributed by atoms with van der Waals surface area (Å²) in [5, 5.41) is 35.0. The highest BCUT2D eigenvalue weighted by Gasteiger charge is 2.50. The maximum absolute atomic E-state index is 12.7. The van der Waals surface area contributed by atoms with E-state index in [1.807, 2.05) is 0 Å². The van der Waals surface area contributed by atoms with Crippen molar-refractivity contribution >= 4 is 69.1 Å². The van der Waals surface area contributed by atoms with Crippen LogP contribution in [0.25, 0.3) is 11.2 Å². The van der Waals surface area contributed by atoms with Gasteiger partial charge < -0.3 is 61.7 Å². The molecule has 0 bridgehead atoms. The Morgan fingerprint density at radius 3 is 2.38 bits per heavy atom. The minimum absolute atomic E-state index is 0.0215. The van der Waals surface area contributed by atoms with Crippen molar-refractivity contribution in [3.63, 3.8) is 0 Å². The SMILES string of the molecule is CC(C)(COP(=O)(O)OP(=O)(O)OCC1OC(n2cnc3c(N)ncnc32)C(O)C1OP(=O)(O)O)C(O)C(=O)NCCC(=O)NCCSC(=O)C(CN)CO. The van der Waals surface area contributed by atoms with Gasteiger partial charge in [-0.05, 0) is 0 Å². The Hall–Kier alpha value is -2.52. The van der Waals surface area contributed by atoms with Gasteiger partial charge in [0, 0.05) is 37.2 Å². The lowest BCUT2D eigenvalue weighted by molar-refractivity contribution is -0.137. The lowest BCUT2D eigenvalue weighted by Gasteiger charge is -2.30. The van der Waals surface area contributed by atoms with Crippen molar-refractivity contribution in [2.24, 2.45) is 17.1 Å². The van der Waals surface area contributed by atoms with Crippen LogP contribution in [0.15, 0.2) is 12.7 Å². The highest BCUT2D eigenvalue weighted by Crippen LogP contribution is 2.61. The average molecular weight is 869 g/mol. The van der Waals surface area contributed by atoms with Crippen LogP contribution in [-0.2, 0) is 50.7 Å². The van der Waals surface area contributed by atoms with Crippen LogP contribution in [0.4, 0.5) is 5.82 Å². The molecule has 3 heterocycles. The van der Waals surface area contributed by atoms with Gasteiger partial charge in [-0.3, -0.25) is 32.5 Å². The lowest BCUT2D eigenvalue weighted by Crippen LogP contribution is -2.46. The summed E-state index contributed by atoms with van der Waals surface area (Å²) in [6.45, 7) is -0.134. The number of carbonyl (C=O) groups is 3. The summed E-state index contributed by atoms with van der Waals surface area (Å²) < 4.78 is 61.9. The fourth-order valence-electron chi connectivity index (χ4n) is 4.64. The molecule has 1 aliphatic heterocycles. The molecule has 0 saturated carbocycles. The van der Waals surface area contributed by atoms with E-state index in [1.54, 1.807) is 0 Å². The number of hydrogen-bond donors (Lipinski definition) is 11. The van der Waals surface area contributed by atoms with Crippen LogP contribution >= 0.6 is 35.2 Å². The maximum atomic E-state index is 12.7. The van der Waals surface area contributed by atoms with Crippen molar-refractivity contribution < 1.29 is 85.6 Å². The quantitative estimate of drug-likeness (QED) is 0.0421. The third-order valence-electron chi connectivity index (χ3n) is 7.58. The molecule has 312 valence electrons. The Kier molecular flexibility index (Phi) is 16.8. The number of amides is 2. The summed E-state index contributed by atoms with van der Waals surface area (Å²) in [4.78, 5) is 87.2. The number of nitrogens with zero attached hydrogens (tertiary/aromatic N) is 4. The second-order valence-electron chi connectivity index (χ2n) is 12.4. The zero-order valence-electron chi connectivity index (χ0n) is 29.1. The third kappa shape index (κ3) is 13.8. The van der Waals surface area contributed by atoms with Crippen molar-refractivity contribution in [1.29, 1.82) is 0 Å². The summed E-state index contributed by atoms with van der Waals surface area (Å²) in [6, 6.07) is 0. The number of phosphoric ester groups is 3. The first kappa shape index (κ1) is 46.9. The molecule has 26 nitrogen and oxygen atoms in total. The molecule has 2 aromatic heterocycles. The molecule has 3 rings (SSSR count). The number of carbonyl (C=O) groups excluding carboxylic acids is 3. The normalized spacial score (nSPS) is 22.4. The average Bonchev–Trinajstić information content (AvgIpc) is 3.65. The summed E-state index contributed by atoms with van der Waals surface area (Å²) >= 11 is 0.887. The first-order chi connectivity index (χ1) is 25.5. The van der Waals surface area contributed by atoms with Crippen molar-refractivity contribution in [2.75, 3.05) is 50.9 Å². The smallest absolute Gasteiger partial charge is 0.396 e. The largest absolute Gasteiger partial charge is 0.481 e. The molecule has 1 saturated heterocycles. The second-order valence-corrected chi connectivity index (χ2v) is 17.7. The van der Waals surface area contributed by atoms with E-state index in [9.17, 15) is 57.9 Å². The Labute approximate surface area is 316 Å². The van der Waals surface area contributed by atoms with Crippen LogP contribution in [0.1, 0.15) is 26.5 Å². The highest BCUT2D eigenvalue weighted by atomic mass is 32.2. The molecular formula is C25H43N8O18P3S. The van der Waals surface area contributed by atoms with Gasteiger partial charge in [0.05, 0.1) is 32.1 Å². The van der Waals surface area contributed by atoms with Gasteiger partial charge in [0.2, 0.25) is 11.8 Å². The first-order valence-electron chi connectivity index (χ1n) is 15.9. The fraction of sp³-hybridized carbons (Fsp3) is 0.680. The van der Waals surface area contributed by atoms with Crippen LogP contribution < -0.4 is 22.1 Å². The van der Waals surface area contributed by atoms with Crippen LogP contribution in [0.3, 0.4) is 0 Å². The third-order valence-corrected chi connectivity index (χ3v) is 11.7. The molecule has 8 atom stereocenters. The van der Waals surface area contributed by atoms with Crippen LogP contribution in [0.2, 0.25) is 0 Å². The van der Waals surface area contributed by atoms with E-state index in [-0.39, 0.29) is 53.9 Å². The number of aliphatic hydroxyl groups excluding tert-OH is 3. The van der Waals surface area contributed by atoms with Crippen molar-refractivity contribution in [2.45, 2.75) is 50.9 Å². The van der Waals surface area contributed by atoms with Gasteiger partial charge in [-0.15, -0.1) is 0 Å². The monoisotopic (exact) mass is 868 g/mol. The predicted molar refractivity (Wildman–Crippen MR) is 187 cm³/mol. The number of fused-ring (bicyclic) bond motifs is 1. The summed E-state index contributed by atoms with van der Waals surface area (Å²) in [5.41, 5.74) is 9.60. The first-order valence-corrected chi connectivity index (χ1v) is 21.4. The molecular weight excluding hydrogens is 825 g/mol. The molecule has 1 aliphatic rings. The van der Waals surface area contributed by atoms with Gasteiger partial charge in [0.15, 0.2) is 22.8 Å². The van der Waals surface area contributed by atoms with Gasteiger partial charge in [-0.1, -0.05) is 25.6 Å². The molecule has 0 aliphatic carbocycles. The summed E-state index contributed by atoms with van der Waals surface area (Å²) in [5.74, 6) is -2.05. The lowest BCUT2D eigenvalue weighted by atomic mass is 9.87. The van der Waals surface area contributed by atoms with Gasteiger partial charge in [-0.2, -0.15) is 4.31 Å². The fourth-order valence-corrected chi connectivity index (χ4v) is 8.29. The number of thioether (sulfide) groups is 1. The molecule has 0 spiro atoms. The Morgan fingerprint density at radius 1 is 1.07 bits per heavy atom. The predicted octanol–water partition coefficient (Wildman–Crippen LogP) is -2.77. The molecule has 0 radical (unpaired) electrons. The van der Waals surface area contributed by atoms with E-state index < -0.39 is 97.1 Å². The second kappa shape index (κ2) is 19.8. The highest BCUT2D eigenvalue weighted by molar-refractivity contribution is 8.13. The number of aromatic nitrogens is 4. The van der Waals surface area contributed by atoms with Gasteiger partial charge in [0.25, 0.3) is 0 Å². The zero-order valence-corrected chi connectivity index (χ0v) is 32.6. The van der Waals surface area contributed by atoms with E-state index in [1.165, 1.54) is 13.8 Å². The number of hydrogen-bond acceptors (Lipinski definition) is 20. The Bertz CT molecular complexity index is 1800. The number of phosphoric acid groups is 3. The number of imidazole rings is 1. The molecule has 1 fully saturated rings. The Balaban J connectivity index is 1.50. The van der Waals surface area contributed by atoms with Gasteiger partial charge in [-0.25, -0.2) is 28.6 Å². The van der Waals surface area contributed by atoms with E-state index in [0.717, 1.165) is 29.0 Å². The Morgan fingerprint density at radius 2 is 1.75 bits per heavy atom. The molecule has 2 aromatic rings. The number of ether oxygens (including phenoxy) is 1. The molecule has 8 unspecified atom stereocenters. The van der Waals surface area contributed by atoms with Crippen LogP contribution in [0.5, 0.6) is 0 Å². The topological polar surface area (TPSA) is 410 Å². The number of nitrogen functional groups attached to an aromatic ring is 1. The molecule has 2 amide bonds. The maximum Gasteiger partial charge on any atom is 0.481 e. The van der Waals surface area contributed by atoms with Crippen molar-refractivity contribution in [3.8, 4) is 0 Å². The van der Waals surface area contributed by atoms with Crippen LogP contribution in [-0.4, -0.2) is 141 Å². The minimum Gasteiger partial charge on any atom is -0.396 e. The minimum atomic E-state index is -5.58. The standard InChI is InChI=1S/C25H43N8O18P3S/c1-25(2,19(37)22(38)29-4-3-15(35)28-5-6-55-24(39)13(7-26)8-34)10-48-54(45,46)51-53(43,44)47-9-14-18(50-52(40,41)42)17(36)23(49-14)33-12-32-16-20(27)30-11-31-21(16)33/h11-14,17-19,23,34,36-37H,3-10,26H2,1-2H3,(H,28,35)(H,29,38)(H,43,44)(H,45,46)(H2,27,30,31)(H2,40,41,42). The molecule has 30 heteroatoms.